The van der Waals surface area contributed by atoms with Gasteiger partial charge in [-0.05, 0) is 41.4 Å². The molecule has 0 spiro atoms. The molecular weight excluding hydrogens is 604 g/mol. The van der Waals surface area contributed by atoms with Gasteiger partial charge in [-0.3, -0.25) is 24.0 Å². The van der Waals surface area contributed by atoms with Crippen molar-refractivity contribution in [2.24, 2.45) is 34.3 Å². The summed E-state index contributed by atoms with van der Waals surface area (Å²) in [5, 5.41) is 11.3. The van der Waals surface area contributed by atoms with E-state index in [1.54, 1.807) is 0 Å². The molecule has 5 atom stereocenters. The molecule has 2 heterocycles. The number of amides is 6. The zero-order chi connectivity index (χ0) is 35.3. The van der Waals surface area contributed by atoms with Crippen molar-refractivity contribution in [2.45, 2.75) is 105 Å². The molecular formula is C33H52N8O6. The summed E-state index contributed by atoms with van der Waals surface area (Å²) in [5.41, 5.74) is 4.35. The first kappa shape index (κ1) is 37.4. The highest BCUT2D eigenvalue weighted by Gasteiger charge is 2.48. The zero-order valence-corrected chi connectivity index (χ0v) is 28.9. The summed E-state index contributed by atoms with van der Waals surface area (Å²) in [6.07, 6.45) is 6.81. The molecule has 260 valence electrons. The molecule has 0 radical (unpaired) electrons. The third kappa shape index (κ3) is 10.2. The molecule has 2 aliphatic rings. The standard InChI is InChI=1S/C33H52N8O6/c1-18(2)21-11-12-41(24(21)29(45)38-22(13-19-9-10-19)25(42)27(34)43)30(46)26(33(6,7)8)40-31(47)39-23(32(3,4)5)16-37-28(44)20-14-35-17-36-15-20/h14-15,17-19,21-24,26H,9-13,16H2,1-8H3,(H2,34,43)(H,37,44)(H,38,45)(H2,39,40,47)/t21-,22?,23-,24+,26-/m1/s1. The van der Waals surface area contributed by atoms with Gasteiger partial charge in [0.05, 0.1) is 17.6 Å². The average molecular weight is 657 g/mol. The van der Waals surface area contributed by atoms with Gasteiger partial charge in [0.1, 0.15) is 18.4 Å². The number of urea groups is 1. The van der Waals surface area contributed by atoms with Gasteiger partial charge in [0.25, 0.3) is 11.8 Å². The molecule has 14 heteroatoms. The number of likely N-dealkylation sites (tertiary alicyclic amines) is 1. The average Bonchev–Trinajstić information content (AvgIpc) is 3.68. The third-order valence-electron chi connectivity index (χ3n) is 9.02. The van der Waals surface area contributed by atoms with Gasteiger partial charge in [-0.15, -0.1) is 0 Å². The molecule has 6 amide bonds. The van der Waals surface area contributed by atoms with Crippen LogP contribution in [0.2, 0.25) is 0 Å². The molecule has 1 saturated carbocycles. The van der Waals surface area contributed by atoms with Crippen molar-refractivity contribution >= 4 is 35.4 Å². The second-order valence-corrected chi connectivity index (χ2v) is 15.3. The van der Waals surface area contributed by atoms with E-state index < -0.39 is 64.5 Å². The number of hydrogen-bond donors (Lipinski definition) is 5. The Hall–Kier alpha value is -4.10. The first-order valence-corrected chi connectivity index (χ1v) is 16.4. The van der Waals surface area contributed by atoms with Gasteiger partial charge in [0.15, 0.2) is 0 Å². The number of carbonyl (C=O) groups is 6. The number of nitrogens with two attached hydrogens (primary N) is 1. The molecule has 1 aromatic heterocycles. The van der Waals surface area contributed by atoms with Gasteiger partial charge in [-0.1, -0.05) is 68.2 Å². The summed E-state index contributed by atoms with van der Waals surface area (Å²) in [6.45, 7) is 15.5. The van der Waals surface area contributed by atoms with E-state index in [-0.39, 0.29) is 42.3 Å². The lowest BCUT2D eigenvalue weighted by atomic mass is 9.84. The van der Waals surface area contributed by atoms with Crippen molar-refractivity contribution < 1.29 is 28.8 Å². The van der Waals surface area contributed by atoms with Crippen LogP contribution in [0, 0.1) is 28.6 Å². The van der Waals surface area contributed by atoms with Gasteiger partial charge in [0.2, 0.25) is 17.6 Å². The van der Waals surface area contributed by atoms with Crippen molar-refractivity contribution in [1.82, 2.24) is 36.1 Å². The molecule has 1 saturated heterocycles. The number of primary amides is 1. The summed E-state index contributed by atoms with van der Waals surface area (Å²) in [4.78, 5) is 87.8. The Morgan fingerprint density at radius 1 is 0.915 bits per heavy atom. The highest BCUT2D eigenvalue weighted by molar-refractivity contribution is 6.37. The molecule has 6 N–H and O–H groups in total. The molecule has 1 aromatic rings. The van der Waals surface area contributed by atoms with Crippen LogP contribution in [-0.2, 0) is 19.2 Å². The molecule has 47 heavy (non-hydrogen) atoms. The fourth-order valence-corrected chi connectivity index (χ4v) is 5.88. The first-order valence-electron chi connectivity index (χ1n) is 16.4. The molecule has 0 aromatic carbocycles. The molecule has 1 aliphatic carbocycles. The Labute approximate surface area is 277 Å². The number of aromatic nitrogens is 2. The minimum absolute atomic E-state index is 0.0341. The lowest BCUT2D eigenvalue weighted by Gasteiger charge is -2.38. The van der Waals surface area contributed by atoms with Crippen LogP contribution in [0.15, 0.2) is 18.7 Å². The summed E-state index contributed by atoms with van der Waals surface area (Å²) in [5.74, 6) is -3.24. The van der Waals surface area contributed by atoms with Crippen LogP contribution >= 0.6 is 0 Å². The number of hydrogen-bond acceptors (Lipinski definition) is 8. The minimum atomic E-state index is -1.11. The van der Waals surface area contributed by atoms with Crippen molar-refractivity contribution in [3.8, 4) is 0 Å². The lowest BCUT2D eigenvalue weighted by molar-refractivity contribution is -0.144. The predicted molar refractivity (Wildman–Crippen MR) is 174 cm³/mol. The van der Waals surface area contributed by atoms with Crippen LogP contribution in [0.5, 0.6) is 0 Å². The maximum atomic E-state index is 14.3. The fraction of sp³-hybridized carbons (Fsp3) is 0.697. The van der Waals surface area contributed by atoms with E-state index in [2.05, 4.69) is 31.2 Å². The predicted octanol–water partition coefficient (Wildman–Crippen LogP) is 1.55. The Bertz CT molecular complexity index is 1320. The Morgan fingerprint density at radius 2 is 1.53 bits per heavy atom. The summed E-state index contributed by atoms with van der Waals surface area (Å²) in [7, 11) is 0. The highest BCUT2D eigenvalue weighted by Crippen LogP contribution is 2.35. The van der Waals surface area contributed by atoms with Crippen LogP contribution in [0.4, 0.5) is 4.79 Å². The van der Waals surface area contributed by atoms with Gasteiger partial charge in [0, 0.05) is 25.5 Å². The van der Waals surface area contributed by atoms with E-state index in [4.69, 9.17) is 5.73 Å². The second kappa shape index (κ2) is 15.2. The second-order valence-electron chi connectivity index (χ2n) is 15.3. The summed E-state index contributed by atoms with van der Waals surface area (Å²) in [6, 6.07) is -4.10. The Balaban J connectivity index is 1.78. The van der Waals surface area contributed by atoms with Crippen molar-refractivity contribution in [3.63, 3.8) is 0 Å². The SMILES string of the molecule is CC(C)[C@H]1CCN(C(=O)[C@@H](NC(=O)N[C@H](CNC(=O)c2cncnc2)C(C)(C)C)C(C)(C)C)[C@@H]1C(=O)NC(CC1CC1)C(=O)C(N)=O. The minimum Gasteiger partial charge on any atom is -0.363 e. The summed E-state index contributed by atoms with van der Waals surface area (Å²) >= 11 is 0. The number of carbonyl (C=O) groups excluding carboxylic acids is 6. The van der Waals surface area contributed by atoms with Crippen molar-refractivity contribution in [3.05, 3.63) is 24.3 Å². The highest BCUT2D eigenvalue weighted by atomic mass is 16.2. The number of nitrogens with zero attached hydrogens (tertiary/aromatic N) is 3. The normalized spacial score (nSPS) is 20.1. The van der Waals surface area contributed by atoms with E-state index in [0.29, 0.717) is 12.8 Å². The van der Waals surface area contributed by atoms with Crippen LogP contribution < -0.4 is 27.0 Å². The lowest BCUT2D eigenvalue weighted by Crippen LogP contribution is -2.62. The third-order valence-corrected chi connectivity index (χ3v) is 9.02. The first-order chi connectivity index (χ1) is 21.8. The summed E-state index contributed by atoms with van der Waals surface area (Å²) < 4.78 is 0. The smallest absolute Gasteiger partial charge is 0.315 e. The van der Waals surface area contributed by atoms with Crippen LogP contribution in [-0.4, -0.2) is 87.6 Å². The van der Waals surface area contributed by atoms with Crippen LogP contribution in [0.1, 0.15) is 91.4 Å². The monoisotopic (exact) mass is 656 g/mol. The quantitative estimate of drug-likeness (QED) is 0.197. The van der Waals surface area contributed by atoms with E-state index in [1.807, 2.05) is 55.4 Å². The number of Topliss-reactive ketones (excluding diaryl/α,β-unsaturated/α-hetero) is 1. The van der Waals surface area contributed by atoms with Gasteiger partial charge >= 0.3 is 6.03 Å². The maximum absolute atomic E-state index is 14.3. The Kier molecular flexibility index (Phi) is 12.1. The molecule has 14 nitrogen and oxygen atoms in total. The zero-order valence-electron chi connectivity index (χ0n) is 28.9. The molecule has 0 bridgehead atoms. The van der Waals surface area contributed by atoms with Gasteiger partial charge < -0.3 is 31.9 Å². The van der Waals surface area contributed by atoms with E-state index in [0.717, 1.165) is 12.8 Å². The van der Waals surface area contributed by atoms with Crippen molar-refractivity contribution in [1.29, 1.82) is 0 Å². The number of ketones is 1. The topological polar surface area (TPSA) is 206 Å². The maximum Gasteiger partial charge on any atom is 0.315 e. The van der Waals surface area contributed by atoms with E-state index in [1.165, 1.54) is 23.6 Å². The number of nitrogens with one attached hydrogen (secondary N) is 4. The fourth-order valence-electron chi connectivity index (χ4n) is 5.88. The number of rotatable bonds is 13. The van der Waals surface area contributed by atoms with Gasteiger partial charge in [-0.25, -0.2) is 14.8 Å². The molecule has 1 unspecified atom stereocenters. The molecule has 1 aliphatic heterocycles. The van der Waals surface area contributed by atoms with Gasteiger partial charge in [-0.2, -0.15) is 0 Å². The van der Waals surface area contributed by atoms with E-state index in [9.17, 15) is 28.8 Å². The van der Waals surface area contributed by atoms with E-state index >= 15 is 0 Å². The molecule has 3 rings (SSSR count). The largest absolute Gasteiger partial charge is 0.363 e. The van der Waals surface area contributed by atoms with Crippen LogP contribution in [0.25, 0.3) is 0 Å². The van der Waals surface area contributed by atoms with Crippen LogP contribution in [0.3, 0.4) is 0 Å². The van der Waals surface area contributed by atoms with Crippen molar-refractivity contribution in [2.75, 3.05) is 13.1 Å². The Morgan fingerprint density at radius 3 is 2.04 bits per heavy atom. The molecule has 2 fully saturated rings.